The van der Waals surface area contributed by atoms with Crippen molar-refractivity contribution in [3.05, 3.63) is 59.2 Å². The molecule has 0 radical (unpaired) electrons. The Hall–Kier alpha value is -2.82. The molecule has 158 valence electrons. The molecule has 5 heteroatoms. The van der Waals surface area contributed by atoms with E-state index in [0.717, 1.165) is 44.5 Å². The van der Waals surface area contributed by atoms with Crippen LogP contribution in [0.4, 0.5) is 5.69 Å². The smallest absolute Gasteiger partial charge is 0.265 e. The summed E-state index contributed by atoms with van der Waals surface area (Å²) >= 11 is 0. The zero-order valence-corrected chi connectivity index (χ0v) is 17.7. The number of likely N-dealkylation sites (tertiary alicyclic amines) is 1. The van der Waals surface area contributed by atoms with Gasteiger partial charge in [-0.1, -0.05) is 25.1 Å². The third-order valence-electron chi connectivity index (χ3n) is 6.07. The van der Waals surface area contributed by atoms with Gasteiger partial charge < -0.3 is 15.0 Å². The molecule has 2 aromatic carbocycles. The molecule has 1 fully saturated rings. The maximum atomic E-state index is 13.0. The van der Waals surface area contributed by atoms with E-state index >= 15 is 0 Å². The lowest BCUT2D eigenvalue weighted by molar-refractivity contribution is -0.122. The molecule has 1 saturated heterocycles. The Labute approximate surface area is 178 Å². The van der Waals surface area contributed by atoms with E-state index in [1.54, 1.807) is 12.1 Å². The number of nitrogens with zero attached hydrogens (tertiary/aromatic N) is 1. The number of hydrogen-bond donors (Lipinski definition) is 1. The van der Waals surface area contributed by atoms with Crippen LogP contribution in [0, 0.1) is 0 Å². The highest BCUT2D eigenvalue weighted by molar-refractivity contribution is 6.04. The van der Waals surface area contributed by atoms with E-state index in [2.05, 4.69) is 17.4 Å². The number of aryl methyl sites for hydroxylation is 2. The summed E-state index contributed by atoms with van der Waals surface area (Å²) in [5.41, 5.74) is 3.80. The Morgan fingerprint density at radius 2 is 1.73 bits per heavy atom. The minimum Gasteiger partial charge on any atom is -0.481 e. The van der Waals surface area contributed by atoms with Crippen LogP contribution in [0.2, 0.25) is 0 Å². The molecule has 1 atom stereocenters. The number of hydrogen-bond acceptors (Lipinski definition) is 3. The van der Waals surface area contributed by atoms with Gasteiger partial charge in [0, 0.05) is 13.1 Å². The molecular weight excluding hydrogens is 376 g/mol. The number of carbonyl (C=O) groups excluding carboxylic acids is 2. The van der Waals surface area contributed by atoms with Crippen LogP contribution >= 0.6 is 0 Å². The Morgan fingerprint density at radius 1 is 1.00 bits per heavy atom. The van der Waals surface area contributed by atoms with E-state index in [1.165, 1.54) is 24.0 Å². The Bertz CT molecular complexity index is 918. The first-order chi connectivity index (χ1) is 14.7. The molecule has 0 spiro atoms. The summed E-state index contributed by atoms with van der Waals surface area (Å²) in [5, 5.41) is 2.94. The lowest BCUT2D eigenvalue weighted by atomic mass is 9.92. The van der Waals surface area contributed by atoms with Crippen molar-refractivity contribution in [3.63, 3.8) is 0 Å². The molecule has 1 heterocycles. The summed E-state index contributed by atoms with van der Waals surface area (Å²) in [5.74, 6) is 0.489. The minimum absolute atomic E-state index is 0.0212. The summed E-state index contributed by atoms with van der Waals surface area (Å²) < 4.78 is 6.06. The van der Waals surface area contributed by atoms with E-state index in [1.807, 2.05) is 30.0 Å². The first-order valence-electron chi connectivity index (χ1n) is 11.1. The van der Waals surface area contributed by atoms with Gasteiger partial charge in [0.25, 0.3) is 11.8 Å². The predicted octanol–water partition coefficient (Wildman–Crippen LogP) is 4.60. The van der Waals surface area contributed by atoms with E-state index < -0.39 is 6.10 Å². The zero-order valence-electron chi connectivity index (χ0n) is 17.7. The number of amides is 2. The van der Waals surface area contributed by atoms with Crippen LogP contribution in [0.15, 0.2) is 42.5 Å². The van der Waals surface area contributed by atoms with E-state index in [-0.39, 0.29) is 11.8 Å². The van der Waals surface area contributed by atoms with Crippen molar-refractivity contribution in [2.45, 2.75) is 58.0 Å². The SMILES string of the molecule is CC[C@@H](Oc1ccc2c(c1)CCCC2)C(=O)Nc1ccccc1C(=O)N1CCCC1. The molecule has 2 aliphatic rings. The average Bonchev–Trinajstić information content (AvgIpc) is 3.32. The second kappa shape index (κ2) is 9.33. The molecule has 5 nitrogen and oxygen atoms in total. The normalized spacial score (nSPS) is 16.6. The van der Waals surface area contributed by atoms with Crippen molar-refractivity contribution in [3.8, 4) is 5.75 Å². The predicted molar refractivity (Wildman–Crippen MR) is 118 cm³/mol. The van der Waals surface area contributed by atoms with Crippen LogP contribution < -0.4 is 10.1 Å². The molecule has 0 bridgehead atoms. The third kappa shape index (κ3) is 4.50. The van der Waals surface area contributed by atoms with Crippen LogP contribution in [-0.2, 0) is 17.6 Å². The van der Waals surface area contributed by atoms with Crippen LogP contribution in [-0.4, -0.2) is 35.9 Å². The van der Waals surface area contributed by atoms with E-state index in [4.69, 9.17) is 4.74 Å². The largest absolute Gasteiger partial charge is 0.481 e. The van der Waals surface area contributed by atoms with Gasteiger partial charge in [0.05, 0.1) is 11.3 Å². The summed E-state index contributed by atoms with van der Waals surface area (Å²) in [6.07, 6.45) is 6.64. The lowest BCUT2D eigenvalue weighted by Gasteiger charge is -2.22. The number of ether oxygens (including phenoxy) is 1. The molecule has 2 aromatic rings. The fraction of sp³-hybridized carbons (Fsp3) is 0.440. The topological polar surface area (TPSA) is 58.6 Å². The van der Waals surface area contributed by atoms with Crippen LogP contribution in [0.3, 0.4) is 0 Å². The number of anilines is 1. The molecule has 1 aliphatic heterocycles. The first-order valence-corrected chi connectivity index (χ1v) is 11.1. The third-order valence-corrected chi connectivity index (χ3v) is 6.07. The van der Waals surface area contributed by atoms with Crippen molar-refractivity contribution < 1.29 is 14.3 Å². The number of nitrogens with one attached hydrogen (secondary N) is 1. The first kappa shape index (κ1) is 20.5. The fourth-order valence-corrected chi connectivity index (χ4v) is 4.35. The molecule has 0 saturated carbocycles. The lowest BCUT2D eigenvalue weighted by Crippen LogP contribution is -2.34. The summed E-state index contributed by atoms with van der Waals surface area (Å²) in [4.78, 5) is 27.7. The molecule has 2 amide bonds. The van der Waals surface area contributed by atoms with Crippen LogP contribution in [0.25, 0.3) is 0 Å². The highest BCUT2D eigenvalue weighted by Crippen LogP contribution is 2.27. The van der Waals surface area contributed by atoms with Crippen molar-refractivity contribution >= 4 is 17.5 Å². The molecule has 4 rings (SSSR count). The summed E-state index contributed by atoms with van der Waals surface area (Å²) in [6.45, 7) is 3.49. The summed E-state index contributed by atoms with van der Waals surface area (Å²) in [7, 11) is 0. The quantitative estimate of drug-likeness (QED) is 0.763. The Kier molecular flexibility index (Phi) is 6.36. The average molecular weight is 407 g/mol. The van der Waals surface area contributed by atoms with Gasteiger partial charge in [0.15, 0.2) is 6.10 Å². The molecule has 0 aromatic heterocycles. The highest BCUT2D eigenvalue weighted by atomic mass is 16.5. The van der Waals surface area contributed by atoms with Gasteiger partial charge in [-0.3, -0.25) is 9.59 Å². The van der Waals surface area contributed by atoms with Crippen molar-refractivity contribution in [2.24, 2.45) is 0 Å². The minimum atomic E-state index is -0.610. The molecule has 1 N–H and O–H groups in total. The second-order valence-corrected chi connectivity index (χ2v) is 8.19. The number of para-hydroxylation sites is 1. The van der Waals surface area contributed by atoms with Crippen molar-refractivity contribution in [1.29, 1.82) is 0 Å². The number of fused-ring (bicyclic) bond motifs is 1. The molecular formula is C25H30N2O3. The zero-order chi connectivity index (χ0) is 20.9. The Balaban J connectivity index is 1.47. The van der Waals surface area contributed by atoms with Crippen molar-refractivity contribution in [1.82, 2.24) is 4.90 Å². The Morgan fingerprint density at radius 3 is 2.50 bits per heavy atom. The number of carbonyl (C=O) groups is 2. The maximum absolute atomic E-state index is 13.0. The maximum Gasteiger partial charge on any atom is 0.265 e. The van der Waals surface area contributed by atoms with Gasteiger partial charge in [0.1, 0.15) is 5.75 Å². The standard InChI is InChI=1S/C25H30N2O3/c1-2-23(30-20-14-13-18-9-3-4-10-19(18)17-20)24(28)26-22-12-6-5-11-21(22)25(29)27-15-7-8-16-27/h5-6,11-14,17,23H,2-4,7-10,15-16H2,1H3,(H,26,28)/t23-/m1/s1. The fourth-order valence-electron chi connectivity index (χ4n) is 4.35. The molecule has 1 aliphatic carbocycles. The van der Waals surface area contributed by atoms with Gasteiger partial charge >= 0.3 is 0 Å². The monoisotopic (exact) mass is 406 g/mol. The van der Waals surface area contributed by atoms with Gasteiger partial charge in [0.2, 0.25) is 0 Å². The molecule has 30 heavy (non-hydrogen) atoms. The van der Waals surface area contributed by atoms with E-state index in [0.29, 0.717) is 17.7 Å². The van der Waals surface area contributed by atoms with Gasteiger partial charge in [-0.15, -0.1) is 0 Å². The van der Waals surface area contributed by atoms with Gasteiger partial charge in [-0.2, -0.15) is 0 Å². The van der Waals surface area contributed by atoms with E-state index in [9.17, 15) is 9.59 Å². The molecule has 0 unspecified atom stereocenters. The van der Waals surface area contributed by atoms with Crippen molar-refractivity contribution in [2.75, 3.05) is 18.4 Å². The number of rotatable bonds is 6. The second-order valence-electron chi connectivity index (χ2n) is 8.19. The number of benzene rings is 2. The van der Waals surface area contributed by atoms with Crippen LogP contribution in [0.5, 0.6) is 5.75 Å². The van der Waals surface area contributed by atoms with Gasteiger partial charge in [-0.05, 0) is 80.3 Å². The van der Waals surface area contributed by atoms with Gasteiger partial charge in [-0.25, -0.2) is 0 Å². The van der Waals surface area contributed by atoms with Crippen LogP contribution in [0.1, 0.15) is 60.5 Å². The highest BCUT2D eigenvalue weighted by Gasteiger charge is 2.25. The summed E-state index contributed by atoms with van der Waals surface area (Å²) in [6, 6.07) is 13.4.